The average molecular weight is 494 g/mol. The molecular weight excluding hydrogens is 458 g/mol. The van der Waals surface area contributed by atoms with Crippen molar-refractivity contribution in [1.82, 2.24) is 10.2 Å². The summed E-state index contributed by atoms with van der Waals surface area (Å²) in [5.74, 6) is 0.745. The zero-order valence-electron chi connectivity index (χ0n) is 20.7. The Kier molecular flexibility index (Phi) is 10.0. The highest BCUT2D eigenvalue weighted by molar-refractivity contribution is 7.92. The Bertz CT molecular complexity index is 1060. The van der Waals surface area contributed by atoms with Crippen LogP contribution in [0.2, 0.25) is 0 Å². The fraction of sp³-hybridized carbons (Fsp3) is 0.458. The summed E-state index contributed by atoms with van der Waals surface area (Å²) in [7, 11) is -1.10. The zero-order chi connectivity index (χ0) is 25.3. The number of hydrogen-bond acceptors (Lipinski definition) is 7. The van der Waals surface area contributed by atoms with Gasteiger partial charge in [-0.25, -0.2) is 8.42 Å². The van der Waals surface area contributed by atoms with E-state index in [2.05, 4.69) is 35.7 Å². The molecule has 0 spiro atoms. The van der Waals surface area contributed by atoms with Gasteiger partial charge in [0.15, 0.2) is 11.5 Å². The van der Waals surface area contributed by atoms with Crippen molar-refractivity contribution in [3.05, 3.63) is 42.0 Å². The largest absolute Gasteiger partial charge is 0.494 e. The molecule has 2 aromatic rings. The number of methoxy groups -OCH3 is 2. The van der Waals surface area contributed by atoms with Crippen LogP contribution in [0, 0.1) is 0 Å². The number of benzene rings is 2. The Morgan fingerprint density at radius 2 is 1.65 bits per heavy atom. The molecule has 0 saturated heterocycles. The molecule has 2 rings (SSSR count). The molecule has 0 bridgehead atoms. The summed E-state index contributed by atoms with van der Waals surface area (Å²) in [6, 6.07) is 9.29. The average Bonchev–Trinajstić information content (AvgIpc) is 2.81. The van der Waals surface area contributed by atoms with Crippen LogP contribution in [0.4, 0.5) is 5.69 Å². The Labute approximate surface area is 202 Å². The number of nitrogens with zero attached hydrogens (tertiary/aromatic N) is 1. The van der Waals surface area contributed by atoms with E-state index in [1.54, 1.807) is 12.1 Å². The third kappa shape index (κ3) is 7.01. The number of amides is 1. The Balaban J connectivity index is 2.33. The highest BCUT2D eigenvalue weighted by atomic mass is 32.2. The van der Waals surface area contributed by atoms with Gasteiger partial charge in [-0.1, -0.05) is 6.92 Å². The first-order valence-electron chi connectivity index (χ1n) is 11.2. The SMILES string of the molecule is CCOc1ccc(S(=O)(=O)Nc2cc(OC)c(OC)cc2C(=O)NCCN(CC)C(C)C)cc1. The van der Waals surface area contributed by atoms with Gasteiger partial charge in [0.1, 0.15) is 5.75 Å². The van der Waals surface area contributed by atoms with Crippen molar-refractivity contribution in [1.29, 1.82) is 0 Å². The molecule has 0 aliphatic rings. The number of ether oxygens (including phenoxy) is 3. The molecule has 0 saturated carbocycles. The van der Waals surface area contributed by atoms with Crippen LogP contribution in [0.1, 0.15) is 38.1 Å². The minimum atomic E-state index is -3.98. The fourth-order valence-electron chi connectivity index (χ4n) is 3.43. The van der Waals surface area contributed by atoms with E-state index in [1.807, 2.05) is 6.92 Å². The van der Waals surface area contributed by atoms with Gasteiger partial charge in [0.05, 0.1) is 37.0 Å². The maximum Gasteiger partial charge on any atom is 0.261 e. The molecule has 1 amide bonds. The number of sulfonamides is 1. The summed E-state index contributed by atoms with van der Waals surface area (Å²) < 4.78 is 44.6. The van der Waals surface area contributed by atoms with Crippen LogP contribution in [-0.4, -0.2) is 65.7 Å². The fourth-order valence-corrected chi connectivity index (χ4v) is 4.50. The monoisotopic (exact) mass is 493 g/mol. The van der Waals surface area contributed by atoms with Gasteiger partial charge in [0.2, 0.25) is 0 Å². The number of carbonyl (C=O) groups excluding carboxylic acids is 1. The first-order chi connectivity index (χ1) is 16.2. The molecule has 0 radical (unpaired) electrons. The summed E-state index contributed by atoms with van der Waals surface area (Å²) >= 11 is 0. The van der Waals surface area contributed by atoms with Gasteiger partial charge >= 0.3 is 0 Å². The molecule has 0 aliphatic heterocycles. The molecule has 34 heavy (non-hydrogen) atoms. The van der Waals surface area contributed by atoms with Gasteiger partial charge in [-0.15, -0.1) is 0 Å². The molecule has 0 fully saturated rings. The summed E-state index contributed by atoms with van der Waals surface area (Å²) in [6.45, 7) is 10.5. The molecule has 0 unspecified atom stereocenters. The van der Waals surface area contributed by atoms with Crippen LogP contribution in [-0.2, 0) is 10.0 Å². The first kappa shape index (κ1) is 27.3. The van der Waals surface area contributed by atoms with Crippen LogP contribution in [0.3, 0.4) is 0 Å². The Morgan fingerprint density at radius 3 is 2.18 bits per heavy atom. The van der Waals surface area contributed by atoms with Gasteiger partial charge in [-0.05, 0) is 57.6 Å². The Hall–Kier alpha value is -2.98. The van der Waals surface area contributed by atoms with Crippen molar-refractivity contribution in [2.24, 2.45) is 0 Å². The first-order valence-corrected chi connectivity index (χ1v) is 12.7. The van der Waals surface area contributed by atoms with Crippen LogP contribution < -0.4 is 24.2 Å². The van der Waals surface area contributed by atoms with Crippen LogP contribution in [0.25, 0.3) is 0 Å². The topological polar surface area (TPSA) is 106 Å². The van der Waals surface area contributed by atoms with Crippen LogP contribution in [0.15, 0.2) is 41.3 Å². The van der Waals surface area contributed by atoms with Crippen molar-refractivity contribution in [2.45, 2.75) is 38.6 Å². The van der Waals surface area contributed by atoms with Gasteiger partial charge in [0, 0.05) is 25.2 Å². The van der Waals surface area contributed by atoms with Crippen LogP contribution >= 0.6 is 0 Å². The molecule has 2 N–H and O–H groups in total. The second kappa shape index (κ2) is 12.5. The second-order valence-corrected chi connectivity index (χ2v) is 9.42. The van der Waals surface area contributed by atoms with Crippen molar-refractivity contribution < 1.29 is 27.4 Å². The smallest absolute Gasteiger partial charge is 0.261 e. The number of rotatable bonds is 13. The standard InChI is InChI=1S/C24H35N3O6S/c1-7-27(17(3)4)14-13-25-24(28)20-15-22(31-5)23(32-6)16-21(20)26-34(29,30)19-11-9-18(10-12-19)33-8-2/h9-12,15-17,26H,7-8,13-14H2,1-6H3,(H,25,28). The van der Waals surface area contributed by atoms with Crippen molar-refractivity contribution >= 4 is 21.6 Å². The van der Waals surface area contributed by atoms with Crippen molar-refractivity contribution in [3.8, 4) is 17.2 Å². The quantitative estimate of drug-likeness (QED) is 0.441. The van der Waals surface area contributed by atoms with Crippen LogP contribution in [0.5, 0.6) is 17.2 Å². The lowest BCUT2D eigenvalue weighted by Gasteiger charge is -2.24. The van der Waals surface area contributed by atoms with E-state index in [4.69, 9.17) is 14.2 Å². The minimum absolute atomic E-state index is 0.0348. The molecule has 9 nitrogen and oxygen atoms in total. The van der Waals surface area contributed by atoms with Gasteiger partial charge in [-0.3, -0.25) is 14.4 Å². The van der Waals surface area contributed by atoms with Gasteiger partial charge in [-0.2, -0.15) is 0 Å². The molecule has 188 valence electrons. The molecule has 2 aromatic carbocycles. The van der Waals surface area contributed by atoms with E-state index in [0.717, 1.165) is 6.54 Å². The number of carbonyl (C=O) groups is 1. The maximum absolute atomic E-state index is 13.1. The lowest BCUT2D eigenvalue weighted by molar-refractivity contribution is 0.0946. The third-order valence-electron chi connectivity index (χ3n) is 5.28. The van der Waals surface area contributed by atoms with E-state index in [9.17, 15) is 13.2 Å². The molecule has 0 aliphatic carbocycles. The molecule has 0 aromatic heterocycles. The van der Waals surface area contributed by atoms with E-state index in [1.165, 1.54) is 38.5 Å². The molecule has 0 heterocycles. The van der Waals surface area contributed by atoms with Gasteiger partial charge in [0.25, 0.3) is 15.9 Å². The zero-order valence-corrected chi connectivity index (χ0v) is 21.5. The van der Waals surface area contributed by atoms with Crippen molar-refractivity contribution in [3.63, 3.8) is 0 Å². The summed E-state index contributed by atoms with van der Waals surface area (Å²) in [6.07, 6.45) is 0. The number of likely N-dealkylation sites (N-methyl/N-ethyl adjacent to an activating group) is 1. The predicted molar refractivity (Wildman–Crippen MR) is 133 cm³/mol. The highest BCUT2D eigenvalue weighted by Gasteiger charge is 2.22. The minimum Gasteiger partial charge on any atom is -0.494 e. The summed E-state index contributed by atoms with van der Waals surface area (Å²) in [5, 5.41) is 2.87. The van der Waals surface area contributed by atoms with Crippen molar-refractivity contribution in [2.75, 3.05) is 45.2 Å². The van der Waals surface area contributed by atoms with E-state index in [-0.39, 0.29) is 16.1 Å². The predicted octanol–water partition coefficient (Wildman–Crippen LogP) is 3.36. The number of hydrogen-bond donors (Lipinski definition) is 2. The summed E-state index contributed by atoms with van der Waals surface area (Å²) in [5.41, 5.74) is 0.208. The Morgan fingerprint density at radius 1 is 1.03 bits per heavy atom. The lowest BCUT2D eigenvalue weighted by atomic mass is 10.1. The normalized spacial score (nSPS) is 11.4. The third-order valence-corrected chi connectivity index (χ3v) is 6.66. The van der Waals surface area contributed by atoms with E-state index in [0.29, 0.717) is 43.0 Å². The van der Waals surface area contributed by atoms with Gasteiger partial charge < -0.3 is 19.5 Å². The molecule has 0 atom stereocenters. The highest BCUT2D eigenvalue weighted by Crippen LogP contribution is 2.34. The summed E-state index contributed by atoms with van der Waals surface area (Å²) in [4.78, 5) is 15.3. The maximum atomic E-state index is 13.1. The number of nitrogens with one attached hydrogen (secondary N) is 2. The molecule has 10 heteroatoms. The number of anilines is 1. The second-order valence-electron chi connectivity index (χ2n) is 7.74. The van der Waals surface area contributed by atoms with E-state index < -0.39 is 15.9 Å². The molecular formula is C24H35N3O6S. The van der Waals surface area contributed by atoms with E-state index >= 15 is 0 Å². The lowest BCUT2D eigenvalue weighted by Crippen LogP contribution is -2.38.